The Bertz CT molecular complexity index is 677. The predicted molar refractivity (Wildman–Crippen MR) is 113 cm³/mol. The number of thiocarbonyl (C=S) groups is 1. The zero-order chi connectivity index (χ0) is 16.9. The van der Waals surface area contributed by atoms with E-state index in [0.29, 0.717) is 11.8 Å². The predicted octanol–water partition coefficient (Wildman–Crippen LogP) is 5.35. The molecule has 6 heteroatoms. The second kappa shape index (κ2) is 9.43. The molecule has 0 atom stereocenters. The van der Waals surface area contributed by atoms with Crippen molar-refractivity contribution < 1.29 is 4.74 Å². The lowest BCUT2D eigenvalue weighted by atomic mass is 10.2. The molecule has 0 bridgehead atoms. The smallest absolute Gasteiger partial charge is 0.268 e. The van der Waals surface area contributed by atoms with Crippen molar-refractivity contribution in [3.8, 4) is 0 Å². The van der Waals surface area contributed by atoms with Crippen molar-refractivity contribution in [2.45, 2.75) is 23.6 Å². The highest BCUT2D eigenvalue weighted by Gasteiger charge is 2.26. The number of ether oxygens (including phenoxy) is 1. The summed E-state index contributed by atoms with van der Waals surface area (Å²) in [6.07, 6.45) is 0. The molecule has 0 spiro atoms. The molecular weight excluding hydrogens is 372 g/mol. The maximum atomic E-state index is 5.94. The second-order valence-corrected chi connectivity index (χ2v) is 6.95. The fourth-order valence-electron chi connectivity index (χ4n) is 2.77. The zero-order valence-electron chi connectivity index (χ0n) is 14.5. The number of likely N-dealkylation sites (N-methyl/N-ethyl adjacent to an activating group) is 1. The van der Waals surface area contributed by atoms with Gasteiger partial charge in [0.1, 0.15) is 6.61 Å². The van der Waals surface area contributed by atoms with Crippen LogP contribution in [0.25, 0.3) is 0 Å². The number of hydrogen-bond donors (Lipinski definition) is 0. The Hall–Kier alpha value is -1.27. The molecule has 0 fully saturated rings. The van der Waals surface area contributed by atoms with Crippen molar-refractivity contribution in [2.75, 3.05) is 31.1 Å². The molecule has 0 radical (unpaired) electrons. The van der Waals surface area contributed by atoms with Crippen molar-refractivity contribution in [3.05, 3.63) is 48.5 Å². The number of halogens is 1. The normalized spacial score (nSPS) is 12.2. The maximum absolute atomic E-state index is 5.94. The average Bonchev–Trinajstić information content (AvgIpc) is 2.63. The van der Waals surface area contributed by atoms with Gasteiger partial charge in [0, 0.05) is 16.3 Å². The van der Waals surface area contributed by atoms with Crippen LogP contribution >= 0.6 is 36.4 Å². The molecule has 2 aromatic carbocycles. The Labute approximate surface area is 165 Å². The van der Waals surface area contributed by atoms with Gasteiger partial charge in [-0.1, -0.05) is 49.9 Å². The average molecular weight is 395 g/mol. The molecule has 1 aliphatic heterocycles. The van der Waals surface area contributed by atoms with Crippen LogP contribution in [-0.2, 0) is 4.74 Å². The molecule has 1 heterocycles. The van der Waals surface area contributed by atoms with Crippen molar-refractivity contribution >= 4 is 52.9 Å². The summed E-state index contributed by atoms with van der Waals surface area (Å²) in [5.74, 6) is 0. The standard InChI is InChI=1S/C19H22N2OS2.ClH/c1-3-20(4-2)13-14-22-19(23)21-15-9-5-7-11-17(15)24-18-12-8-6-10-16(18)21;/h5-12H,3-4,13-14H2,1-2H3;1H. The van der Waals surface area contributed by atoms with Gasteiger partial charge >= 0.3 is 0 Å². The molecule has 0 unspecified atom stereocenters. The molecule has 3 nitrogen and oxygen atoms in total. The van der Waals surface area contributed by atoms with E-state index in [-0.39, 0.29) is 12.4 Å². The van der Waals surface area contributed by atoms with E-state index in [4.69, 9.17) is 17.0 Å². The largest absolute Gasteiger partial charge is 0.469 e. The molecule has 0 aromatic heterocycles. The van der Waals surface area contributed by atoms with E-state index in [1.807, 2.05) is 12.1 Å². The van der Waals surface area contributed by atoms with Crippen LogP contribution in [0.15, 0.2) is 58.3 Å². The lowest BCUT2D eigenvalue weighted by Crippen LogP contribution is -2.32. The maximum Gasteiger partial charge on any atom is 0.268 e. The van der Waals surface area contributed by atoms with Crippen LogP contribution in [0.2, 0.25) is 0 Å². The molecule has 0 saturated heterocycles. The molecular formula is C19H23ClN2OS2. The van der Waals surface area contributed by atoms with E-state index in [9.17, 15) is 0 Å². The van der Waals surface area contributed by atoms with Gasteiger partial charge in [0.25, 0.3) is 5.17 Å². The highest BCUT2D eigenvalue weighted by Crippen LogP contribution is 2.48. The van der Waals surface area contributed by atoms with Crippen LogP contribution in [-0.4, -0.2) is 36.3 Å². The summed E-state index contributed by atoms with van der Waals surface area (Å²) < 4.78 is 5.94. The summed E-state index contributed by atoms with van der Waals surface area (Å²) in [5, 5.41) is 0.516. The van der Waals surface area contributed by atoms with Crippen molar-refractivity contribution in [2.24, 2.45) is 0 Å². The van der Waals surface area contributed by atoms with E-state index < -0.39 is 0 Å². The first-order valence-corrected chi connectivity index (χ1v) is 9.52. The van der Waals surface area contributed by atoms with Gasteiger partial charge in [0.05, 0.1) is 11.4 Å². The summed E-state index contributed by atoms with van der Waals surface area (Å²) in [6.45, 7) is 7.87. The van der Waals surface area contributed by atoms with Crippen LogP contribution in [0.3, 0.4) is 0 Å². The van der Waals surface area contributed by atoms with E-state index in [2.05, 4.69) is 60.0 Å². The van der Waals surface area contributed by atoms with Crippen LogP contribution in [0.1, 0.15) is 13.8 Å². The minimum absolute atomic E-state index is 0. The van der Waals surface area contributed by atoms with Gasteiger partial charge in [-0.15, -0.1) is 12.4 Å². The highest BCUT2D eigenvalue weighted by atomic mass is 35.5. The molecule has 0 N–H and O–H groups in total. The highest BCUT2D eigenvalue weighted by molar-refractivity contribution is 7.99. The molecule has 3 rings (SSSR count). The fourth-order valence-corrected chi connectivity index (χ4v) is 4.11. The Morgan fingerprint density at radius 3 is 2.04 bits per heavy atom. The first-order chi connectivity index (χ1) is 11.7. The van der Waals surface area contributed by atoms with Gasteiger partial charge in [0.15, 0.2) is 0 Å². The van der Waals surface area contributed by atoms with Crippen LogP contribution in [0, 0.1) is 0 Å². The summed E-state index contributed by atoms with van der Waals surface area (Å²) in [4.78, 5) is 6.78. The zero-order valence-corrected chi connectivity index (χ0v) is 16.9. The summed E-state index contributed by atoms with van der Waals surface area (Å²) in [6, 6.07) is 16.6. The third-order valence-corrected chi connectivity index (χ3v) is 5.57. The van der Waals surface area contributed by atoms with Gasteiger partial charge in [0.2, 0.25) is 0 Å². The van der Waals surface area contributed by atoms with Gasteiger partial charge < -0.3 is 9.64 Å². The summed E-state index contributed by atoms with van der Waals surface area (Å²) in [5.41, 5.74) is 2.18. The third kappa shape index (κ3) is 4.47. The number of hydrogen-bond acceptors (Lipinski definition) is 4. The summed E-state index contributed by atoms with van der Waals surface area (Å²) >= 11 is 7.40. The van der Waals surface area contributed by atoms with Crippen molar-refractivity contribution in [3.63, 3.8) is 0 Å². The van der Waals surface area contributed by atoms with E-state index >= 15 is 0 Å². The Balaban J connectivity index is 0.00000225. The SMILES string of the molecule is CCN(CC)CCOC(=S)N1c2ccccc2Sc2ccccc21.Cl. The van der Waals surface area contributed by atoms with E-state index in [1.165, 1.54) is 9.79 Å². The molecule has 2 aromatic rings. The van der Waals surface area contributed by atoms with Crippen molar-refractivity contribution in [1.29, 1.82) is 0 Å². The van der Waals surface area contributed by atoms with Gasteiger partial charge in [-0.3, -0.25) is 4.90 Å². The minimum Gasteiger partial charge on any atom is -0.469 e. The lowest BCUT2D eigenvalue weighted by molar-refractivity contribution is 0.217. The molecule has 0 aliphatic carbocycles. The monoisotopic (exact) mass is 394 g/mol. The fraction of sp³-hybridized carbons (Fsp3) is 0.316. The number of para-hydroxylation sites is 2. The van der Waals surface area contributed by atoms with Crippen molar-refractivity contribution in [1.82, 2.24) is 4.90 Å². The van der Waals surface area contributed by atoms with Gasteiger partial charge in [-0.25, -0.2) is 0 Å². The van der Waals surface area contributed by atoms with Crippen LogP contribution < -0.4 is 4.90 Å². The Morgan fingerprint density at radius 1 is 1.00 bits per heavy atom. The number of fused-ring (bicyclic) bond motifs is 2. The van der Waals surface area contributed by atoms with Crippen LogP contribution in [0.4, 0.5) is 11.4 Å². The van der Waals surface area contributed by atoms with Crippen LogP contribution in [0.5, 0.6) is 0 Å². The Kier molecular flexibility index (Phi) is 7.56. The van der Waals surface area contributed by atoms with Gasteiger partial charge in [-0.05, 0) is 49.6 Å². The van der Waals surface area contributed by atoms with Gasteiger partial charge in [-0.2, -0.15) is 0 Å². The lowest BCUT2D eigenvalue weighted by Gasteiger charge is -2.32. The summed E-state index contributed by atoms with van der Waals surface area (Å²) in [7, 11) is 0. The molecule has 134 valence electrons. The number of rotatable bonds is 5. The number of benzene rings is 2. The molecule has 0 saturated carbocycles. The quantitative estimate of drug-likeness (QED) is 0.633. The number of anilines is 2. The van der Waals surface area contributed by atoms with E-state index in [1.54, 1.807) is 11.8 Å². The Morgan fingerprint density at radius 2 is 1.52 bits per heavy atom. The number of nitrogens with zero attached hydrogens (tertiary/aromatic N) is 2. The first kappa shape index (κ1) is 20.0. The molecule has 1 aliphatic rings. The second-order valence-electron chi connectivity index (χ2n) is 5.51. The topological polar surface area (TPSA) is 15.7 Å². The first-order valence-electron chi connectivity index (χ1n) is 8.29. The molecule has 25 heavy (non-hydrogen) atoms. The third-order valence-electron chi connectivity index (χ3n) is 4.14. The van der Waals surface area contributed by atoms with E-state index in [0.717, 1.165) is 31.0 Å². The minimum atomic E-state index is 0. The molecule has 0 amide bonds.